The number of hydrogen-bond acceptors (Lipinski definition) is 7. The van der Waals surface area contributed by atoms with Crippen molar-refractivity contribution >= 4 is 23.1 Å². The van der Waals surface area contributed by atoms with Gasteiger partial charge in [-0.25, -0.2) is 8.78 Å². The number of nitrogens with zero attached hydrogens (tertiary/aromatic N) is 4. The molecular weight excluding hydrogens is 470 g/mol. The smallest absolute Gasteiger partial charge is 0.270 e. The lowest BCUT2D eigenvalue weighted by atomic mass is 9.93. The summed E-state index contributed by atoms with van der Waals surface area (Å²) in [7, 11) is 0. The second kappa shape index (κ2) is 9.60. The number of Topliss-reactive ketones (excluding diaryl/α,β-unsaturated/α-hetero) is 1. The summed E-state index contributed by atoms with van der Waals surface area (Å²) in [5, 5.41) is 13.4. The number of aryl methyl sites for hydroxylation is 1. The number of amides is 1. The Hall–Kier alpha value is -3.95. The summed E-state index contributed by atoms with van der Waals surface area (Å²) >= 11 is 0. The molecule has 0 spiro atoms. The quantitative estimate of drug-likeness (QED) is 0.403. The molecule has 0 saturated carbocycles. The molecule has 0 N–H and O–H groups in total. The molecule has 1 unspecified atom stereocenters. The zero-order valence-corrected chi connectivity index (χ0v) is 20.6. The van der Waals surface area contributed by atoms with E-state index in [0.29, 0.717) is 34.2 Å². The van der Waals surface area contributed by atoms with E-state index in [9.17, 15) is 18.4 Å². The van der Waals surface area contributed by atoms with Gasteiger partial charge in [-0.3, -0.25) is 9.59 Å². The maximum absolute atomic E-state index is 13.7. The van der Waals surface area contributed by atoms with Crippen LogP contribution in [0.25, 0.3) is 11.5 Å². The lowest BCUT2D eigenvalue weighted by Crippen LogP contribution is -2.33. The van der Waals surface area contributed by atoms with Crippen molar-refractivity contribution in [1.29, 1.82) is 0 Å². The van der Waals surface area contributed by atoms with E-state index in [-0.39, 0.29) is 24.0 Å². The maximum atomic E-state index is 13.7. The van der Waals surface area contributed by atoms with Crippen LogP contribution in [0.4, 0.5) is 14.5 Å². The highest BCUT2D eigenvalue weighted by atomic mass is 19.3. The van der Waals surface area contributed by atoms with Crippen molar-refractivity contribution in [2.45, 2.75) is 53.1 Å². The number of hydrogen-bond donors (Lipinski definition) is 0. The fourth-order valence-corrected chi connectivity index (χ4v) is 3.96. The van der Waals surface area contributed by atoms with Gasteiger partial charge >= 0.3 is 0 Å². The number of carbonyl (C=O) groups excluding carboxylic acids is 2. The summed E-state index contributed by atoms with van der Waals surface area (Å²) in [6.07, 6.45) is -0.296. The monoisotopic (exact) mass is 496 g/mol. The number of anilines is 1. The number of carbonyl (C=O) groups is 2. The van der Waals surface area contributed by atoms with Crippen LogP contribution in [0.3, 0.4) is 0 Å². The summed E-state index contributed by atoms with van der Waals surface area (Å²) in [6, 6.07) is 10.6. The van der Waals surface area contributed by atoms with E-state index in [1.807, 2.05) is 13.8 Å². The fraction of sp³-hybridized carbons (Fsp3) is 0.346. The van der Waals surface area contributed by atoms with E-state index < -0.39 is 23.5 Å². The predicted octanol–water partition coefficient (Wildman–Crippen LogP) is 5.09. The lowest BCUT2D eigenvalue weighted by Gasteiger charge is -2.17. The molecule has 10 heteroatoms. The molecule has 0 fully saturated rings. The minimum atomic E-state index is -3.03. The number of aromatic nitrogens is 2. The van der Waals surface area contributed by atoms with E-state index >= 15 is 0 Å². The Labute approximate surface area is 207 Å². The third kappa shape index (κ3) is 5.17. The molecular formula is C26H26F2N4O4. The second-order valence-electron chi connectivity index (χ2n) is 9.03. The molecule has 0 radical (unpaired) electrons. The minimum absolute atomic E-state index is 0.125. The molecule has 36 heavy (non-hydrogen) atoms. The molecule has 0 saturated heterocycles. The van der Waals surface area contributed by atoms with E-state index in [2.05, 4.69) is 15.3 Å². The van der Waals surface area contributed by atoms with Gasteiger partial charge in [0.15, 0.2) is 5.78 Å². The zero-order chi connectivity index (χ0) is 26.2. The van der Waals surface area contributed by atoms with Crippen LogP contribution >= 0.6 is 0 Å². The Morgan fingerprint density at radius 3 is 2.56 bits per heavy atom. The summed E-state index contributed by atoms with van der Waals surface area (Å²) < 4.78 is 38.8. The van der Waals surface area contributed by atoms with Gasteiger partial charge in [0.1, 0.15) is 11.7 Å². The molecule has 0 bridgehead atoms. The van der Waals surface area contributed by atoms with Crippen molar-refractivity contribution in [1.82, 2.24) is 10.2 Å². The first kappa shape index (κ1) is 25.2. The van der Waals surface area contributed by atoms with Gasteiger partial charge in [0.2, 0.25) is 5.89 Å². The molecule has 1 atom stereocenters. The molecule has 2 heterocycles. The summed E-state index contributed by atoms with van der Waals surface area (Å²) in [5.41, 5.74) is 1.41. The summed E-state index contributed by atoms with van der Waals surface area (Å²) in [4.78, 5) is 26.3. The topological polar surface area (TPSA) is 97.9 Å². The van der Waals surface area contributed by atoms with E-state index in [4.69, 9.17) is 9.15 Å². The minimum Gasteiger partial charge on any atom is -0.490 e. The zero-order valence-electron chi connectivity index (χ0n) is 20.6. The molecule has 1 aliphatic heterocycles. The maximum Gasteiger partial charge on any atom is 0.270 e. The SMILES string of the molecule is CC1=NN(c2ccc(OC(C)C)c(-c3nnc(C)o3)c2)C(=O)C1C(=O)Cc1cccc(C(C)(F)F)c1. The van der Waals surface area contributed by atoms with Gasteiger partial charge in [0.25, 0.3) is 17.7 Å². The van der Waals surface area contributed by atoms with Gasteiger partial charge in [-0.05, 0) is 50.6 Å². The summed E-state index contributed by atoms with van der Waals surface area (Å²) in [5.74, 6) is -4.02. The number of alkyl halides is 2. The second-order valence-corrected chi connectivity index (χ2v) is 9.03. The normalized spacial score (nSPS) is 16.0. The molecule has 0 aliphatic carbocycles. The fourth-order valence-electron chi connectivity index (χ4n) is 3.96. The van der Waals surface area contributed by atoms with Crippen molar-refractivity contribution in [3.8, 4) is 17.2 Å². The predicted molar refractivity (Wildman–Crippen MR) is 129 cm³/mol. The van der Waals surface area contributed by atoms with Crippen molar-refractivity contribution in [3.05, 3.63) is 59.5 Å². The van der Waals surface area contributed by atoms with Crippen molar-refractivity contribution in [2.24, 2.45) is 11.0 Å². The van der Waals surface area contributed by atoms with Crippen LogP contribution in [0.5, 0.6) is 5.75 Å². The largest absolute Gasteiger partial charge is 0.490 e. The van der Waals surface area contributed by atoms with Crippen LogP contribution in [0, 0.1) is 12.8 Å². The Balaban J connectivity index is 1.60. The van der Waals surface area contributed by atoms with Crippen LogP contribution in [0.1, 0.15) is 44.7 Å². The van der Waals surface area contributed by atoms with Gasteiger partial charge in [-0.1, -0.05) is 18.2 Å². The molecule has 8 nitrogen and oxygen atoms in total. The van der Waals surface area contributed by atoms with Crippen LogP contribution in [-0.2, 0) is 21.9 Å². The number of benzene rings is 2. The van der Waals surface area contributed by atoms with E-state index in [1.165, 1.54) is 18.2 Å². The first-order valence-corrected chi connectivity index (χ1v) is 11.4. The first-order chi connectivity index (χ1) is 16.9. The van der Waals surface area contributed by atoms with Gasteiger partial charge in [0, 0.05) is 25.8 Å². The molecule has 3 aromatic rings. The van der Waals surface area contributed by atoms with Crippen molar-refractivity contribution in [3.63, 3.8) is 0 Å². The van der Waals surface area contributed by atoms with Crippen LogP contribution < -0.4 is 9.75 Å². The average molecular weight is 497 g/mol. The standard InChI is InChI=1S/C26H26F2N4O4/c1-14(2)35-22-10-9-19(13-20(22)24-30-29-16(4)36-24)32-25(34)23(15(3)31-32)21(33)12-17-7-6-8-18(11-17)26(5,27)28/h6-11,13-14,23H,12H2,1-5H3. The summed E-state index contributed by atoms with van der Waals surface area (Å²) in [6.45, 7) is 7.80. The number of halogens is 2. The Morgan fingerprint density at radius 1 is 1.17 bits per heavy atom. The number of hydrazone groups is 1. The van der Waals surface area contributed by atoms with Crippen molar-refractivity contribution in [2.75, 3.05) is 5.01 Å². The van der Waals surface area contributed by atoms with Crippen LogP contribution in [0.15, 0.2) is 52.0 Å². The molecule has 1 amide bonds. The molecule has 4 rings (SSSR count). The third-order valence-corrected chi connectivity index (χ3v) is 5.59. The van der Waals surface area contributed by atoms with Gasteiger partial charge < -0.3 is 9.15 Å². The molecule has 188 valence electrons. The highest BCUT2D eigenvalue weighted by Gasteiger charge is 2.39. The van der Waals surface area contributed by atoms with Crippen LogP contribution in [-0.4, -0.2) is 33.7 Å². The van der Waals surface area contributed by atoms with Crippen LogP contribution in [0.2, 0.25) is 0 Å². The Kier molecular flexibility index (Phi) is 6.71. The van der Waals surface area contributed by atoms with E-state index in [0.717, 1.165) is 11.9 Å². The van der Waals surface area contributed by atoms with E-state index in [1.54, 1.807) is 38.1 Å². The molecule has 1 aliphatic rings. The van der Waals surface area contributed by atoms with Gasteiger partial charge in [-0.2, -0.15) is 10.1 Å². The Morgan fingerprint density at radius 2 is 1.92 bits per heavy atom. The lowest BCUT2D eigenvalue weighted by molar-refractivity contribution is -0.128. The first-order valence-electron chi connectivity index (χ1n) is 11.4. The highest BCUT2D eigenvalue weighted by molar-refractivity contribution is 6.27. The number of ether oxygens (including phenoxy) is 1. The Bertz CT molecular complexity index is 1340. The molecule has 2 aromatic carbocycles. The third-order valence-electron chi connectivity index (χ3n) is 5.59. The van der Waals surface area contributed by atoms with Gasteiger partial charge in [0.05, 0.1) is 23.1 Å². The highest BCUT2D eigenvalue weighted by Crippen LogP contribution is 2.36. The molecule has 1 aromatic heterocycles. The average Bonchev–Trinajstić information content (AvgIpc) is 3.35. The van der Waals surface area contributed by atoms with Gasteiger partial charge in [-0.15, -0.1) is 10.2 Å². The number of rotatable bonds is 8. The van der Waals surface area contributed by atoms with Crippen molar-refractivity contribution < 1.29 is 27.5 Å². The number of ketones is 1.